The molecule has 148 valence electrons. The van der Waals surface area contributed by atoms with Crippen molar-refractivity contribution in [2.24, 2.45) is 17.8 Å². The van der Waals surface area contributed by atoms with Gasteiger partial charge in [0.1, 0.15) is 0 Å². The van der Waals surface area contributed by atoms with Crippen molar-refractivity contribution in [1.29, 1.82) is 0 Å². The van der Waals surface area contributed by atoms with Crippen molar-refractivity contribution in [2.45, 2.75) is 67.9 Å². The molecule has 4 aliphatic rings. The van der Waals surface area contributed by atoms with E-state index in [1.807, 2.05) is 37.3 Å². The molecule has 1 aromatic heterocycles. The summed E-state index contributed by atoms with van der Waals surface area (Å²) in [6, 6.07) is 9.94. The van der Waals surface area contributed by atoms with Gasteiger partial charge < -0.3 is 9.73 Å². The first kappa shape index (κ1) is 18.2. The quantitative estimate of drug-likeness (QED) is 0.735. The topological polar surface area (TPSA) is 68.0 Å². The molecule has 0 aliphatic heterocycles. The first-order chi connectivity index (χ1) is 13.6. The maximum atomic E-state index is 12.4. The highest BCUT2D eigenvalue weighted by atomic mass is 32.2. The molecule has 5 nitrogen and oxygen atoms in total. The van der Waals surface area contributed by atoms with Crippen LogP contribution in [-0.4, -0.2) is 21.4 Å². The summed E-state index contributed by atoms with van der Waals surface area (Å²) < 4.78 is 6.11. The zero-order chi connectivity index (χ0) is 19.1. The number of hydrogen-bond donors (Lipinski definition) is 1. The molecule has 0 radical (unpaired) electrons. The third-order valence-corrected chi connectivity index (χ3v) is 7.79. The van der Waals surface area contributed by atoms with Crippen LogP contribution in [0.15, 0.2) is 40.0 Å². The van der Waals surface area contributed by atoms with Crippen LogP contribution in [0.4, 0.5) is 0 Å². The summed E-state index contributed by atoms with van der Waals surface area (Å²) in [4.78, 5) is 12.4. The Bertz CT molecular complexity index is 815. The Morgan fingerprint density at radius 3 is 2.43 bits per heavy atom. The van der Waals surface area contributed by atoms with Crippen molar-refractivity contribution in [2.75, 3.05) is 0 Å². The molecular weight excluding hydrogens is 370 g/mol. The van der Waals surface area contributed by atoms with Gasteiger partial charge in [0.2, 0.25) is 11.8 Å². The van der Waals surface area contributed by atoms with Gasteiger partial charge >= 0.3 is 0 Å². The number of aromatic nitrogens is 2. The van der Waals surface area contributed by atoms with Gasteiger partial charge in [-0.1, -0.05) is 42.1 Å². The number of amides is 1. The maximum Gasteiger partial charge on any atom is 0.277 e. The van der Waals surface area contributed by atoms with Crippen LogP contribution < -0.4 is 5.32 Å². The minimum absolute atomic E-state index is 0.0107. The largest absolute Gasteiger partial charge is 0.415 e. The van der Waals surface area contributed by atoms with Crippen molar-refractivity contribution in [3.05, 3.63) is 41.8 Å². The summed E-state index contributed by atoms with van der Waals surface area (Å²) in [6.45, 7) is 2.42. The van der Waals surface area contributed by atoms with E-state index < -0.39 is 0 Å². The minimum Gasteiger partial charge on any atom is -0.415 e. The molecule has 4 fully saturated rings. The Kier molecular flexibility index (Phi) is 4.69. The maximum absolute atomic E-state index is 12.4. The minimum atomic E-state index is -0.270. The number of carbonyl (C=O) groups excluding carboxylic acids is 1. The third kappa shape index (κ3) is 3.47. The average Bonchev–Trinajstić information content (AvgIpc) is 3.15. The highest BCUT2D eigenvalue weighted by Gasteiger charge is 2.54. The Balaban J connectivity index is 1.21. The van der Waals surface area contributed by atoms with Crippen LogP contribution in [0, 0.1) is 17.8 Å². The summed E-state index contributed by atoms with van der Waals surface area (Å²) in [5.41, 5.74) is 1.20. The van der Waals surface area contributed by atoms with E-state index in [-0.39, 0.29) is 16.6 Å². The average molecular weight is 398 g/mol. The van der Waals surface area contributed by atoms with Crippen molar-refractivity contribution in [3.8, 4) is 0 Å². The molecule has 28 heavy (non-hydrogen) atoms. The fraction of sp³-hybridized carbons (Fsp3) is 0.591. The predicted octanol–water partition coefficient (Wildman–Crippen LogP) is 4.33. The Hall–Kier alpha value is -1.82. The van der Waals surface area contributed by atoms with Crippen LogP contribution in [0.25, 0.3) is 0 Å². The molecule has 4 saturated carbocycles. The number of rotatable bonds is 6. The van der Waals surface area contributed by atoms with E-state index in [9.17, 15) is 4.79 Å². The summed E-state index contributed by atoms with van der Waals surface area (Å²) >= 11 is 1.36. The number of thioether (sulfide) groups is 1. The van der Waals surface area contributed by atoms with E-state index in [4.69, 9.17) is 4.42 Å². The van der Waals surface area contributed by atoms with Crippen molar-refractivity contribution in [1.82, 2.24) is 15.5 Å². The highest BCUT2D eigenvalue weighted by Crippen LogP contribution is 2.60. The smallest absolute Gasteiger partial charge is 0.277 e. The molecule has 0 spiro atoms. The van der Waals surface area contributed by atoms with E-state index in [2.05, 4.69) is 15.5 Å². The van der Waals surface area contributed by atoms with Gasteiger partial charge in [-0.25, -0.2) is 0 Å². The number of hydrogen-bond acceptors (Lipinski definition) is 5. The van der Waals surface area contributed by atoms with Crippen LogP contribution in [-0.2, 0) is 16.8 Å². The van der Waals surface area contributed by atoms with E-state index in [1.165, 1.54) is 50.3 Å². The molecule has 1 aromatic carbocycles. The molecule has 4 bridgehead atoms. The van der Waals surface area contributed by atoms with Gasteiger partial charge in [-0.15, -0.1) is 10.2 Å². The summed E-state index contributed by atoms with van der Waals surface area (Å²) in [7, 11) is 0. The third-order valence-electron chi connectivity index (χ3n) is 6.85. The second-order valence-electron chi connectivity index (χ2n) is 9.03. The van der Waals surface area contributed by atoms with Crippen LogP contribution in [0.5, 0.6) is 0 Å². The van der Waals surface area contributed by atoms with Crippen LogP contribution in [0.3, 0.4) is 0 Å². The SMILES string of the molecule is C[C@@H](Sc1nnc(C23CC4CC(CC(C4)C2)C3)o1)C(=O)NCc1ccccc1. The van der Waals surface area contributed by atoms with Gasteiger partial charge in [0.25, 0.3) is 5.22 Å². The molecule has 0 unspecified atom stereocenters. The summed E-state index contributed by atoms with van der Waals surface area (Å²) in [5, 5.41) is 12.0. The summed E-state index contributed by atoms with van der Waals surface area (Å²) in [5.74, 6) is 3.35. The Morgan fingerprint density at radius 2 is 1.79 bits per heavy atom. The first-order valence-corrected chi connectivity index (χ1v) is 11.3. The van der Waals surface area contributed by atoms with Gasteiger partial charge in [-0.3, -0.25) is 4.79 Å². The van der Waals surface area contributed by atoms with Gasteiger partial charge in [0, 0.05) is 12.0 Å². The van der Waals surface area contributed by atoms with Crippen LogP contribution in [0.2, 0.25) is 0 Å². The lowest BCUT2D eigenvalue weighted by Crippen LogP contribution is -2.48. The molecule has 1 amide bonds. The molecule has 6 rings (SSSR count). The fourth-order valence-electron chi connectivity index (χ4n) is 5.98. The van der Waals surface area contributed by atoms with E-state index in [1.54, 1.807) is 0 Å². The van der Waals surface area contributed by atoms with Gasteiger partial charge in [0.15, 0.2) is 0 Å². The molecule has 0 saturated heterocycles. The number of nitrogens with one attached hydrogen (secondary N) is 1. The molecule has 2 aromatic rings. The van der Waals surface area contributed by atoms with Gasteiger partial charge in [-0.05, 0) is 68.8 Å². The highest BCUT2D eigenvalue weighted by molar-refractivity contribution is 8.00. The monoisotopic (exact) mass is 397 g/mol. The van der Waals surface area contributed by atoms with E-state index >= 15 is 0 Å². The molecule has 6 heteroatoms. The summed E-state index contributed by atoms with van der Waals surface area (Å²) in [6.07, 6.45) is 7.81. The van der Waals surface area contributed by atoms with Crippen molar-refractivity contribution in [3.63, 3.8) is 0 Å². The van der Waals surface area contributed by atoms with Gasteiger partial charge in [0.05, 0.1) is 5.25 Å². The molecule has 1 atom stereocenters. The lowest BCUT2D eigenvalue weighted by Gasteiger charge is -2.55. The molecule has 1 N–H and O–H groups in total. The van der Waals surface area contributed by atoms with Crippen LogP contribution >= 0.6 is 11.8 Å². The lowest BCUT2D eigenvalue weighted by molar-refractivity contribution is -0.120. The van der Waals surface area contributed by atoms with E-state index in [0.717, 1.165) is 29.2 Å². The molecule has 1 heterocycles. The first-order valence-electron chi connectivity index (χ1n) is 10.4. The zero-order valence-corrected chi connectivity index (χ0v) is 17.1. The van der Waals surface area contributed by atoms with Crippen molar-refractivity contribution >= 4 is 17.7 Å². The van der Waals surface area contributed by atoms with Crippen molar-refractivity contribution < 1.29 is 9.21 Å². The zero-order valence-electron chi connectivity index (χ0n) is 16.3. The molecular formula is C22H27N3O2S. The van der Waals surface area contributed by atoms with E-state index in [0.29, 0.717) is 11.8 Å². The second-order valence-corrected chi connectivity index (χ2v) is 10.3. The normalized spacial score (nSPS) is 31.7. The van der Waals surface area contributed by atoms with Gasteiger partial charge in [-0.2, -0.15) is 0 Å². The Morgan fingerprint density at radius 1 is 1.14 bits per heavy atom. The van der Waals surface area contributed by atoms with Crippen LogP contribution in [0.1, 0.15) is 56.9 Å². The number of benzene rings is 1. The fourth-order valence-corrected chi connectivity index (χ4v) is 6.69. The predicted molar refractivity (Wildman–Crippen MR) is 108 cm³/mol. The Labute approximate surface area is 170 Å². The lowest BCUT2D eigenvalue weighted by atomic mass is 9.49. The standard InChI is InChI=1S/C22H27N3O2S/c1-14(19(26)23-13-15-5-3-2-4-6-15)28-21-25-24-20(27-21)22-10-16-7-17(11-22)9-18(8-16)12-22/h2-6,14,16-18H,7-13H2,1H3,(H,23,26)/t14-,16?,17?,18?,22?/m1/s1. The molecule has 4 aliphatic carbocycles. The number of nitrogens with zero attached hydrogens (tertiary/aromatic N) is 2. The second kappa shape index (κ2) is 7.21. The number of carbonyl (C=O) groups is 1.